The van der Waals surface area contributed by atoms with Gasteiger partial charge < -0.3 is 14.8 Å². The van der Waals surface area contributed by atoms with E-state index in [2.05, 4.69) is 94.1 Å². The SMILES string of the molecule is Oc1ccccc1-c1cc(-c2ccccc2O)c2c(c1)c1ccccc1n2-c1cccc(-c2nc3ccccc3n2-c2ccccc2)c1. The first kappa shape index (κ1) is 27.7. The lowest BCUT2D eigenvalue weighted by Gasteiger charge is -2.16. The van der Waals surface area contributed by atoms with Gasteiger partial charge in [-0.1, -0.05) is 97.1 Å². The topological polar surface area (TPSA) is 63.2 Å². The van der Waals surface area contributed by atoms with Gasteiger partial charge in [0.2, 0.25) is 0 Å². The van der Waals surface area contributed by atoms with E-state index in [0.29, 0.717) is 5.56 Å². The molecule has 2 aromatic heterocycles. The lowest BCUT2D eigenvalue weighted by Crippen LogP contribution is -2.00. The highest BCUT2D eigenvalue weighted by atomic mass is 16.3. The minimum atomic E-state index is 0.190. The summed E-state index contributed by atoms with van der Waals surface area (Å²) in [6, 6.07) is 54.5. The Bertz CT molecular complexity index is 2650. The maximum Gasteiger partial charge on any atom is 0.145 e. The molecule has 0 atom stereocenters. The van der Waals surface area contributed by atoms with Crippen molar-refractivity contribution in [2.75, 3.05) is 0 Å². The van der Waals surface area contributed by atoms with Crippen LogP contribution in [0.4, 0.5) is 0 Å². The number of aromatic hydroxyl groups is 2. The van der Waals surface area contributed by atoms with Crippen LogP contribution in [0.5, 0.6) is 11.5 Å². The predicted octanol–water partition coefficient (Wildman–Crippen LogP) is 10.5. The molecule has 2 N–H and O–H groups in total. The summed E-state index contributed by atoms with van der Waals surface area (Å²) in [6.07, 6.45) is 0. The number of hydrogen-bond donors (Lipinski definition) is 2. The van der Waals surface area contributed by atoms with Crippen LogP contribution in [0.1, 0.15) is 0 Å². The Morgan fingerprint density at radius 1 is 0.417 bits per heavy atom. The molecule has 9 aromatic rings. The van der Waals surface area contributed by atoms with Gasteiger partial charge in [-0.15, -0.1) is 0 Å². The van der Waals surface area contributed by atoms with Gasteiger partial charge in [0.15, 0.2) is 0 Å². The van der Waals surface area contributed by atoms with Crippen LogP contribution in [0.3, 0.4) is 0 Å². The second-order valence-corrected chi connectivity index (χ2v) is 12.0. The zero-order valence-electron chi connectivity index (χ0n) is 25.8. The summed E-state index contributed by atoms with van der Waals surface area (Å²) in [5, 5.41) is 24.2. The number of benzene rings is 7. The normalized spacial score (nSPS) is 11.5. The first-order valence-corrected chi connectivity index (χ1v) is 15.9. The van der Waals surface area contributed by atoms with Gasteiger partial charge >= 0.3 is 0 Å². The Hall–Kier alpha value is -6.59. The second-order valence-electron chi connectivity index (χ2n) is 12.0. The van der Waals surface area contributed by atoms with E-state index in [4.69, 9.17) is 4.98 Å². The minimum Gasteiger partial charge on any atom is -0.507 e. The third-order valence-corrected chi connectivity index (χ3v) is 9.12. The van der Waals surface area contributed by atoms with Crippen molar-refractivity contribution < 1.29 is 10.2 Å². The van der Waals surface area contributed by atoms with Crippen molar-refractivity contribution in [3.63, 3.8) is 0 Å². The van der Waals surface area contributed by atoms with E-state index in [9.17, 15) is 10.2 Å². The summed E-state index contributed by atoms with van der Waals surface area (Å²) < 4.78 is 4.49. The summed E-state index contributed by atoms with van der Waals surface area (Å²) in [4.78, 5) is 5.13. The summed E-state index contributed by atoms with van der Waals surface area (Å²) in [5.74, 6) is 1.25. The fraction of sp³-hybridized carbons (Fsp3) is 0. The van der Waals surface area contributed by atoms with Gasteiger partial charge in [0, 0.05) is 44.4 Å². The molecule has 0 aliphatic rings. The van der Waals surface area contributed by atoms with Crippen LogP contribution in [0.2, 0.25) is 0 Å². The smallest absolute Gasteiger partial charge is 0.145 e. The van der Waals surface area contributed by atoms with E-state index in [1.54, 1.807) is 12.1 Å². The van der Waals surface area contributed by atoms with E-state index in [0.717, 1.165) is 72.3 Å². The first-order chi connectivity index (χ1) is 23.7. The number of para-hydroxylation sites is 6. The van der Waals surface area contributed by atoms with E-state index >= 15 is 0 Å². The van der Waals surface area contributed by atoms with Crippen LogP contribution < -0.4 is 0 Å². The molecule has 0 spiro atoms. The van der Waals surface area contributed by atoms with Crippen molar-refractivity contribution in [3.8, 4) is 56.5 Å². The van der Waals surface area contributed by atoms with Crippen molar-refractivity contribution in [2.45, 2.75) is 0 Å². The largest absolute Gasteiger partial charge is 0.507 e. The number of fused-ring (bicyclic) bond motifs is 4. The molecule has 7 aromatic carbocycles. The van der Waals surface area contributed by atoms with Gasteiger partial charge in [-0.2, -0.15) is 0 Å². The molecule has 0 aliphatic heterocycles. The van der Waals surface area contributed by atoms with E-state index < -0.39 is 0 Å². The van der Waals surface area contributed by atoms with Crippen LogP contribution in [-0.4, -0.2) is 24.3 Å². The van der Waals surface area contributed by atoms with Crippen molar-refractivity contribution in [3.05, 3.63) is 164 Å². The third kappa shape index (κ3) is 4.37. The number of phenolic OH excluding ortho intramolecular Hbond substituents is 2. The quantitative estimate of drug-likeness (QED) is 0.201. The lowest BCUT2D eigenvalue weighted by atomic mass is 9.94. The van der Waals surface area contributed by atoms with E-state index in [1.165, 1.54) is 0 Å². The van der Waals surface area contributed by atoms with E-state index in [-0.39, 0.29) is 11.5 Å². The molecule has 0 aliphatic carbocycles. The number of aromatic nitrogens is 3. The maximum atomic E-state index is 11.2. The Labute approximate surface area is 276 Å². The molecule has 0 amide bonds. The highest BCUT2D eigenvalue weighted by molar-refractivity contribution is 6.15. The number of phenols is 2. The van der Waals surface area contributed by atoms with Gasteiger partial charge in [0.1, 0.15) is 17.3 Å². The Balaban J connectivity index is 1.35. The molecule has 9 rings (SSSR count). The minimum absolute atomic E-state index is 0.190. The summed E-state index contributed by atoms with van der Waals surface area (Å²) in [7, 11) is 0. The highest BCUT2D eigenvalue weighted by Gasteiger charge is 2.21. The first-order valence-electron chi connectivity index (χ1n) is 15.9. The summed E-state index contributed by atoms with van der Waals surface area (Å²) >= 11 is 0. The molecule has 5 heteroatoms. The van der Waals surface area contributed by atoms with Gasteiger partial charge in [0.05, 0.1) is 22.1 Å². The number of hydrogen-bond acceptors (Lipinski definition) is 3. The standard InChI is InChI=1S/C43H29N3O2/c47-40-23-10-5-17-32(40)29-26-35-33-18-4-8-21-38(33)45(42(35)36(27-29)34-19-6-11-24-41(34)48)31-16-12-13-28(25-31)43-44-37-20-7-9-22-39(37)46(43)30-14-2-1-3-15-30/h1-27,47-48H. The Kier molecular flexibility index (Phi) is 6.37. The average Bonchev–Trinajstić information content (AvgIpc) is 3.69. The number of imidazole rings is 1. The molecule has 0 saturated heterocycles. The highest BCUT2D eigenvalue weighted by Crippen LogP contribution is 2.44. The maximum absolute atomic E-state index is 11.2. The molecule has 0 radical (unpaired) electrons. The van der Waals surface area contributed by atoms with Crippen LogP contribution in [0, 0.1) is 0 Å². The molecule has 0 unspecified atom stereocenters. The molecule has 0 saturated carbocycles. The Morgan fingerprint density at radius 2 is 1.06 bits per heavy atom. The van der Waals surface area contributed by atoms with Gasteiger partial charge in [0.25, 0.3) is 0 Å². The molecular formula is C43H29N3O2. The van der Waals surface area contributed by atoms with Crippen LogP contribution in [0.15, 0.2) is 164 Å². The predicted molar refractivity (Wildman–Crippen MR) is 195 cm³/mol. The van der Waals surface area contributed by atoms with Gasteiger partial charge in [-0.25, -0.2) is 4.98 Å². The zero-order chi connectivity index (χ0) is 32.2. The average molecular weight is 620 g/mol. The summed E-state index contributed by atoms with van der Waals surface area (Å²) in [6.45, 7) is 0. The van der Waals surface area contributed by atoms with Crippen molar-refractivity contribution >= 4 is 32.8 Å². The molecule has 0 bridgehead atoms. The molecule has 228 valence electrons. The molecule has 48 heavy (non-hydrogen) atoms. The van der Waals surface area contributed by atoms with Crippen LogP contribution in [-0.2, 0) is 0 Å². The fourth-order valence-electron chi connectivity index (χ4n) is 6.99. The Morgan fingerprint density at radius 3 is 1.85 bits per heavy atom. The lowest BCUT2D eigenvalue weighted by molar-refractivity contribution is 0.477. The molecule has 5 nitrogen and oxygen atoms in total. The monoisotopic (exact) mass is 619 g/mol. The molecule has 2 heterocycles. The van der Waals surface area contributed by atoms with E-state index in [1.807, 2.05) is 66.7 Å². The van der Waals surface area contributed by atoms with Crippen molar-refractivity contribution in [2.24, 2.45) is 0 Å². The second kappa shape index (κ2) is 11.0. The zero-order valence-corrected chi connectivity index (χ0v) is 25.8. The van der Waals surface area contributed by atoms with Crippen LogP contribution in [0.25, 0.3) is 77.9 Å². The van der Waals surface area contributed by atoms with Gasteiger partial charge in [-0.05, 0) is 72.3 Å². The van der Waals surface area contributed by atoms with Crippen LogP contribution >= 0.6 is 0 Å². The van der Waals surface area contributed by atoms with Gasteiger partial charge in [-0.3, -0.25) is 4.57 Å². The molecule has 0 fully saturated rings. The van der Waals surface area contributed by atoms with Crippen molar-refractivity contribution in [1.82, 2.24) is 14.1 Å². The molecular weight excluding hydrogens is 590 g/mol. The third-order valence-electron chi connectivity index (χ3n) is 9.12. The number of nitrogens with zero attached hydrogens (tertiary/aromatic N) is 3. The summed E-state index contributed by atoms with van der Waals surface area (Å²) in [5.41, 5.74) is 10.1. The number of rotatable bonds is 5. The van der Waals surface area contributed by atoms with Crippen molar-refractivity contribution in [1.29, 1.82) is 0 Å². The fourth-order valence-corrected chi connectivity index (χ4v) is 6.99.